The van der Waals surface area contributed by atoms with Crippen LogP contribution in [0.15, 0.2) is 24.3 Å². The van der Waals surface area contributed by atoms with E-state index in [0.29, 0.717) is 16.6 Å². The molecule has 0 radical (unpaired) electrons. The third-order valence-corrected chi connectivity index (χ3v) is 3.51. The molecule has 0 saturated heterocycles. The third-order valence-electron chi connectivity index (χ3n) is 3.28. The SMILES string of the molecule is O=C(NC1CCCCCC1)c1cccc(Cl)c1. The van der Waals surface area contributed by atoms with Crippen molar-refractivity contribution in [3.05, 3.63) is 34.9 Å². The minimum absolute atomic E-state index is 0.000556. The summed E-state index contributed by atoms with van der Waals surface area (Å²) in [5, 5.41) is 3.71. The number of carbonyl (C=O) groups is 1. The molecule has 2 rings (SSSR count). The van der Waals surface area contributed by atoms with E-state index in [2.05, 4.69) is 5.32 Å². The van der Waals surface area contributed by atoms with E-state index in [1.807, 2.05) is 6.07 Å². The Hall–Kier alpha value is -1.02. The van der Waals surface area contributed by atoms with Crippen LogP contribution in [0, 0.1) is 0 Å². The van der Waals surface area contributed by atoms with Gasteiger partial charge >= 0.3 is 0 Å². The summed E-state index contributed by atoms with van der Waals surface area (Å²) in [5.41, 5.74) is 0.654. The van der Waals surface area contributed by atoms with E-state index in [-0.39, 0.29) is 5.91 Å². The molecule has 0 aliphatic heterocycles. The molecule has 2 nitrogen and oxygen atoms in total. The number of amides is 1. The monoisotopic (exact) mass is 251 g/mol. The zero-order valence-corrected chi connectivity index (χ0v) is 10.7. The highest BCUT2D eigenvalue weighted by molar-refractivity contribution is 6.30. The second-order valence-electron chi connectivity index (χ2n) is 4.67. The molecule has 1 aliphatic rings. The van der Waals surface area contributed by atoms with Gasteiger partial charge in [0, 0.05) is 16.6 Å². The normalized spacial score (nSPS) is 17.5. The fourth-order valence-electron chi connectivity index (χ4n) is 2.32. The first-order valence-electron chi connectivity index (χ1n) is 6.32. The molecule has 1 aliphatic carbocycles. The maximum absolute atomic E-state index is 12.0. The Morgan fingerprint density at radius 3 is 2.53 bits per heavy atom. The predicted molar refractivity (Wildman–Crippen MR) is 70.4 cm³/mol. The van der Waals surface area contributed by atoms with Gasteiger partial charge in [0.2, 0.25) is 0 Å². The van der Waals surface area contributed by atoms with Gasteiger partial charge in [-0.2, -0.15) is 0 Å². The van der Waals surface area contributed by atoms with Crippen molar-refractivity contribution < 1.29 is 4.79 Å². The van der Waals surface area contributed by atoms with Gasteiger partial charge in [-0.15, -0.1) is 0 Å². The number of benzene rings is 1. The molecule has 0 heterocycles. The summed E-state index contributed by atoms with van der Waals surface area (Å²) in [6.07, 6.45) is 7.24. The summed E-state index contributed by atoms with van der Waals surface area (Å²) < 4.78 is 0. The topological polar surface area (TPSA) is 29.1 Å². The lowest BCUT2D eigenvalue weighted by Gasteiger charge is -2.16. The Labute approximate surface area is 107 Å². The maximum Gasteiger partial charge on any atom is 0.251 e. The number of halogens is 1. The van der Waals surface area contributed by atoms with E-state index < -0.39 is 0 Å². The van der Waals surface area contributed by atoms with E-state index in [1.54, 1.807) is 18.2 Å². The van der Waals surface area contributed by atoms with Crippen LogP contribution in [0.25, 0.3) is 0 Å². The Balaban J connectivity index is 1.96. The summed E-state index contributed by atoms with van der Waals surface area (Å²) >= 11 is 5.88. The van der Waals surface area contributed by atoms with Crippen molar-refractivity contribution in [3.8, 4) is 0 Å². The van der Waals surface area contributed by atoms with E-state index in [9.17, 15) is 4.79 Å². The van der Waals surface area contributed by atoms with Crippen molar-refractivity contribution in [2.75, 3.05) is 0 Å². The highest BCUT2D eigenvalue weighted by atomic mass is 35.5. The van der Waals surface area contributed by atoms with Crippen LogP contribution >= 0.6 is 11.6 Å². The molecule has 1 aromatic carbocycles. The molecule has 17 heavy (non-hydrogen) atoms. The first-order chi connectivity index (χ1) is 8.25. The predicted octanol–water partition coefficient (Wildman–Crippen LogP) is 3.79. The van der Waals surface area contributed by atoms with Gasteiger partial charge in [-0.05, 0) is 31.0 Å². The average Bonchev–Trinajstić information content (AvgIpc) is 2.57. The van der Waals surface area contributed by atoms with Gasteiger partial charge in [0.25, 0.3) is 5.91 Å². The Bertz CT molecular complexity index is 384. The molecule has 1 N–H and O–H groups in total. The van der Waals surface area contributed by atoms with Crippen LogP contribution in [0.4, 0.5) is 0 Å². The molecular weight excluding hydrogens is 234 g/mol. The second-order valence-corrected chi connectivity index (χ2v) is 5.11. The number of nitrogens with one attached hydrogen (secondary N) is 1. The molecule has 0 bridgehead atoms. The largest absolute Gasteiger partial charge is 0.349 e. The molecule has 1 aromatic rings. The van der Waals surface area contributed by atoms with Gasteiger partial charge in [0.15, 0.2) is 0 Å². The zero-order chi connectivity index (χ0) is 12.1. The second kappa shape index (κ2) is 6.06. The molecule has 0 aromatic heterocycles. The lowest BCUT2D eigenvalue weighted by atomic mass is 10.1. The molecule has 0 atom stereocenters. The summed E-state index contributed by atoms with van der Waals surface area (Å²) in [4.78, 5) is 12.0. The molecule has 3 heteroatoms. The van der Waals surface area contributed by atoms with Gasteiger partial charge in [-0.1, -0.05) is 43.4 Å². The first kappa shape index (κ1) is 12.4. The summed E-state index contributed by atoms with van der Waals surface area (Å²) in [6.45, 7) is 0. The molecule has 1 amide bonds. The third kappa shape index (κ3) is 3.74. The lowest BCUT2D eigenvalue weighted by molar-refractivity contribution is 0.0933. The summed E-state index contributed by atoms with van der Waals surface area (Å²) in [7, 11) is 0. The fourth-order valence-corrected chi connectivity index (χ4v) is 2.51. The molecule has 1 fully saturated rings. The van der Waals surface area contributed by atoms with E-state index in [1.165, 1.54) is 25.7 Å². The van der Waals surface area contributed by atoms with Crippen LogP contribution in [0.2, 0.25) is 5.02 Å². The van der Waals surface area contributed by atoms with E-state index >= 15 is 0 Å². The van der Waals surface area contributed by atoms with Gasteiger partial charge < -0.3 is 5.32 Å². The maximum atomic E-state index is 12.0. The zero-order valence-electron chi connectivity index (χ0n) is 9.92. The van der Waals surface area contributed by atoms with Crippen molar-refractivity contribution in [1.82, 2.24) is 5.32 Å². The fraction of sp³-hybridized carbons (Fsp3) is 0.500. The highest BCUT2D eigenvalue weighted by Gasteiger charge is 2.15. The minimum Gasteiger partial charge on any atom is -0.349 e. The van der Waals surface area contributed by atoms with Crippen LogP contribution in [-0.2, 0) is 0 Å². The van der Waals surface area contributed by atoms with Crippen LogP contribution in [-0.4, -0.2) is 11.9 Å². The number of carbonyl (C=O) groups excluding carboxylic acids is 1. The van der Waals surface area contributed by atoms with Crippen LogP contribution in [0.3, 0.4) is 0 Å². The van der Waals surface area contributed by atoms with E-state index in [4.69, 9.17) is 11.6 Å². The number of hydrogen-bond acceptors (Lipinski definition) is 1. The number of rotatable bonds is 2. The highest BCUT2D eigenvalue weighted by Crippen LogP contribution is 2.18. The van der Waals surface area contributed by atoms with Crippen LogP contribution in [0.1, 0.15) is 48.9 Å². The standard InChI is InChI=1S/C14H18ClNO/c15-12-7-5-6-11(10-12)14(17)16-13-8-3-1-2-4-9-13/h5-7,10,13H,1-4,8-9H2,(H,16,17). The molecule has 0 unspecified atom stereocenters. The summed E-state index contributed by atoms with van der Waals surface area (Å²) in [5.74, 6) is -0.000556. The summed E-state index contributed by atoms with van der Waals surface area (Å²) in [6, 6.07) is 7.45. The molecule has 0 spiro atoms. The Morgan fingerprint density at radius 1 is 1.18 bits per heavy atom. The first-order valence-corrected chi connectivity index (χ1v) is 6.70. The van der Waals surface area contributed by atoms with Crippen molar-refractivity contribution >= 4 is 17.5 Å². The van der Waals surface area contributed by atoms with Gasteiger partial charge in [0.1, 0.15) is 0 Å². The lowest BCUT2D eigenvalue weighted by Crippen LogP contribution is -2.34. The quantitative estimate of drug-likeness (QED) is 0.796. The Morgan fingerprint density at radius 2 is 1.88 bits per heavy atom. The van der Waals surface area contributed by atoms with Crippen LogP contribution < -0.4 is 5.32 Å². The average molecular weight is 252 g/mol. The van der Waals surface area contributed by atoms with E-state index in [0.717, 1.165) is 12.8 Å². The van der Waals surface area contributed by atoms with Crippen molar-refractivity contribution in [2.24, 2.45) is 0 Å². The van der Waals surface area contributed by atoms with Crippen molar-refractivity contribution in [1.29, 1.82) is 0 Å². The van der Waals surface area contributed by atoms with Crippen LogP contribution in [0.5, 0.6) is 0 Å². The minimum atomic E-state index is -0.000556. The molecule has 92 valence electrons. The van der Waals surface area contributed by atoms with Crippen molar-refractivity contribution in [2.45, 2.75) is 44.6 Å². The van der Waals surface area contributed by atoms with Gasteiger partial charge in [-0.25, -0.2) is 0 Å². The number of hydrogen-bond donors (Lipinski definition) is 1. The smallest absolute Gasteiger partial charge is 0.251 e. The van der Waals surface area contributed by atoms with Gasteiger partial charge in [0.05, 0.1) is 0 Å². The molecule has 1 saturated carbocycles. The van der Waals surface area contributed by atoms with Crippen molar-refractivity contribution in [3.63, 3.8) is 0 Å². The van der Waals surface area contributed by atoms with Gasteiger partial charge in [-0.3, -0.25) is 4.79 Å². The molecular formula is C14H18ClNO. The Kier molecular flexibility index (Phi) is 4.43.